The first-order chi connectivity index (χ1) is 7.97. The van der Waals surface area contributed by atoms with Gasteiger partial charge in [-0.3, -0.25) is 0 Å². The minimum atomic E-state index is -1.13. The summed E-state index contributed by atoms with van der Waals surface area (Å²) in [5.41, 5.74) is 5.97. The number of thiol groups is 1. The van der Waals surface area contributed by atoms with Crippen molar-refractivity contribution in [3.05, 3.63) is 29.3 Å². The zero-order valence-electron chi connectivity index (χ0n) is 9.08. The summed E-state index contributed by atoms with van der Waals surface area (Å²) in [7, 11) is 0. The van der Waals surface area contributed by atoms with Crippen LogP contribution >= 0.6 is 12.6 Å². The number of carbonyl (C=O) groups is 1. The maximum absolute atomic E-state index is 10.7. The van der Waals surface area contributed by atoms with E-state index in [0.29, 0.717) is 17.7 Å². The molecule has 0 bridgehead atoms. The van der Waals surface area contributed by atoms with Crippen molar-refractivity contribution < 1.29 is 20.1 Å². The predicted octanol–water partition coefficient (Wildman–Crippen LogP) is 0.681. The average Bonchev–Trinajstić information content (AvgIpc) is 2.27. The summed E-state index contributed by atoms with van der Waals surface area (Å²) in [6.07, 6.45) is -1.69. The van der Waals surface area contributed by atoms with Gasteiger partial charge in [0.15, 0.2) is 0 Å². The first-order valence-electron chi connectivity index (χ1n) is 5.07. The number of aliphatic hydroxyl groups excluding tert-OH is 2. The second kappa shape index (κ2) is 5.90. The second-order valence-corrected chi connectivity index (χ2v) is 4.12. The molecule has 0 saturated carbocycles. The molecule has 94 valence electrons. The van der Waals surface area contributed by atoms with E-state index in [2.05, 4.69) is 12.6 Å². The molecular formula is C11H15NO4S. The van der Waals surface area contributed by atoms with Crippen LogP contribution in [0.3, 0.4) is 0 Å². The molecule has 17 heavy (non-hydrogen) atoms. The van der Waals surface area contributed by atoms with Gasteiger partial charge in [-0.25, -0.2) is 4.79 Å². The molecule has 1 aromatic carbocycles. The van der Waals surface area contributed by atoms with E-state index in [1.165, 1.54) is 18.2 Å². The Morgan fingerprint density at radius 1 is 1.41 bits per heavy atom. The zero-order chi connectivity index (χ0) is 13.0. The van der Waals surface area contributed by atoms with Gasteiger partial charge >= 0.3 is 5.97 Å². The van der Waals surface area contributed by atoms with Gasteiger partial charge in [-0.2, -0.15) is 12.6 Å². The molecule has 0 saturated heterocycles. The summed E-state index contributed by atoms with van der Waals surface area (Å²) in [6.45, 7) is 0. The third kappa shape index (κ3) is 3.36. The Morgan fingerprint density at radius 2 is 2.06 bits per heavy atom. The highest BCUT2D eigenvalue weighted by atomic mass is 32.1. The Morgan fingerprint density at radius 3 is 2.53 bits per heavy atom. The summed E-state index contributed by atoms with van der Waals surface area (Å²) in [5.74, 6) is -0.680. The Bertz CT molecular complexity index is 410. The predicted molar refractivity (Wildman–Crippen MR) is 67.3 cm³/mol. The third-order valence-electron chi connectivity index (χ3n) is 2.44. The highest BCUT2D eigenvalue weighted by Gasteiger charge is 2.19. The fraction of sp³-hybridized carbons (Fsp3) is 0.364. The van der Waals surface area contributed by atoms with Gasteiger partial charge in [0, 0.05) is 5.69 Å². The lowest BCUT2D eigenvalue weighted by Gasteiger charge is -2.18. The molecule has 6 heteroatoms. The summed E-state index contributed by atoms with van der Waals surface area (Å²) in [5, 5.41) is 28.2. The van der Waals surface area contributed by atoms with Crippen molar-refractivity contribution in [2.45, 2.75) is 18.6 Å². The first-order valence-corrected chi connectivity index (χ1v) is 5.70. The zero-order valence-corrected chi connectivity index (χ0v) is 9.97. The Balaban J connectivity index is 2.93. The molecule has 0 heterocycles. The van der Waals surface area contributed by atoms with Gasteiger partial charge in [-0.15, -0.1) is 0 Å². The number of anilines is 1. The van der Waals surface area contributed by atoms with Gasteiger partial charge in [0.25, 0.3) is 0 Å². The van der Waals surface area contributed by atoms with Gasteiger partial charge in [0.2, 0.25) is 0 Å². The third-order valence-corrected chi connectivity index (χ3v) is 2.70. The number of aliphatic hydroxyl groups is 2. The first kappa shape index (κ1) is 13.8. The van der Waals surface area contributed by atoms with E-state index in [0.717, 1.165) is 0 Å². The lowest BCUT2D eigenvalue weighted by Crippen LogP contribution is -2.19. The average molecular weight is 257 g/mol. The molecule has 2 atom stereocenters. The highest BCUT2D eigenvalue weighted by Crippen LogP contribution is 2.23. The van der Waals surface area contributed by atoms with Gasteiger partial charge in [0.05, 0.1) is 11.7 Å². The number of benzene rings is 1. The van der Waals surface area contributed by atoms with Crippen LogP contribution in [0.4, 0.5) is 5.69 Å². The van der Waals surface area contributed by atoms with Crippen LogP contribution in [0.1, 0.15) is 28.4 Å². The quantitative estimate of drug-likeness (QED) is 0.394. The van der Waals surface area contributed by atoms with Crippen LogP contribution in [0.2, 0.25) is 0 Å². The number of aromatic carboxylic acids is 1. The van der Waals surface area contributed by atoms with Crippen molar-refractivity contribution >= 4 is 24.3 Å². The highest BCUT2D eigenvalue weighted by molar-refractivity contribution is 7.80. The summed E-state index contributed by atoms with van der Waals surface area (Å²) < 4.78 is 0. The van der Waals surface area contributed by atoms with E-state index in [1.807, 2.05) is 0 Å². The number of hydrogen-bond donors (Lipinski definition) is 5. The Hall–Kier alpha value is -1.24. The second-order valence-electron chi connectivity index (χ2n) is 3.68. The molecule has 0 aliphatic rings. The molecular weight excluding hydrogens is 242 g/mol. The molecule has 0 amide bonds. The topological polar surface area (TPSA) is 104 Å². The van der Waals surface area contributed by atoms with Crippen molar-refractivity contribution in [3.63, 3.8) is 0 Å². The Kier molecular flexibility index (Phi) is 4.80. The lowest BCUT2D eigenvalue weighted by molar-refractivity contribution is 0.0172. The van der Waals surface area contributed by atoms with Crippen LogP contribution < -0.4 is 5.73 Å². The van der Waals surface area contributed by atoms with E-state index in [1.54, 1.807) is 0 Å². The lowest BCUT2D eigenvalue weighted by atomic mass is 10.00. The molecule has 0 radical (unpaired) electrons. The van der Waals surface area contributed by atoms with Crippen LogP contribution in [-0.4, -0.2) is 33.1 Å². The molecule has 5 nitrogen and oxygen atoms in total. The van der Waals surface area contributed by atoms with E-state index in [9.17, 15) is 15.0 Å². The number of carboxylic acid groups (broad SMARTS) is 1. The van der Waals surface area contributed by atoms with E-state index in [-0.39, 0.29) is 11.3 Å². The Labute approximate surface area is 104 Å². The van der Waals surface area contributed by atoms with Crippen molar-refractivity contribution in [1.29, 1.82) is 0 Å². The van der Waals surface area contributed by atoms with Crippen LogP contribution in [0, 0.1) is 0 Å². The number of carboxylic acids is 1. The summed E-state index contributed by atoms with van der Waals surface area (Å²) in [4.78, 5) is 10.7. The van der Waals surface area contributed by atoms with Gasteiger partial charge < -0.3 is 21.1 Å². The maximum atomic E-state index is 10.7. The van der Waals surface area contributed by atoms with E-state index >= 15 is 0 Å². The van der Waals surface area contributed by atoms with Crippen LogP contribution in [0.15, 0.2) is 18.2 Å². The molecule has 1 aromatic rings. The summed E-state index contributed by atoms with van der Waals surface area (Å²) in [6, 6.07) is 4.10. The monoisotopic (exact) mass is 257 g/mol. The fourth-order valence-corrected chi connectivity index (χ4v) is 1.74. The largest absolute Gasteiger partial charge is 0.478 e. The number of nitrogen functional groups attached to an aromatic ring is 1. The SMILES string of the molecule is Nc1cc(C(O)C(O)CCS)ccc1C(=O)O. The standard InChI is InChI=1S/C11H15NO4S/c12-8-5-6(1-2-7(8)11(15)16)10(14)9(13)3-4-17/h1-2,5,9-10,13-14,17H,3-4,12H2,(H,15,16). The van der Waals surface area contributed by atoms with Crippen molar-refractivity contribution in [3.8, 4) is 0 Å². The van der Waals surface area contributed by atoms with Crippen molar-refractivity contribution in [2.24, 2.45) is 0 Å². The molecule has 0 aromatic heterocycles. The minimum absolute atomic E-state index is 0.0235. The minimum Gasteiger partial charge on any atom is -0.478 e. The van der Waals surface area contributed by atoms with E-state index in [4.69, 9.17) is 10.8 Å². The maximum Gasteiger partial charge on any atom is 0.337 e. The van der Waals surface area contributed by atoms with Crippen LogP contribution in [0.25, 0.3) is 0 Å². The number of nitrogens with two attached hydrogens (primary N) is 1. The molecule has 0 spiro atoms. The fourth-order valence-electron chi connectivity index (χ4n) is 1.47. The smallest absolute Gasteiger partial charge is 0.337 e. The molecule has 5 N–H and O–H groups in total. The van der Waals surface area contributed by atoms with Gasteiger partial charge in [-0.1, -0.05) is 6.07 Å². The van der Waals surface area contributed by atoms with Crippen molar-refractivity contribution in [2.75, 3.05) is 11.5 Å². The van der Waals surface area contributed by atoms with Crippen LogP contribution in [0.5, 0.6) is 0 Å². The molecule has 0 aliphatic heterocycles. The molecule has 2 unspecified atom stereocenters. The van der Waals surface area contributed by atoms with E-state index < -0.39 is 18.2 Å². The van der Waals surface area contributed by atoms with Gasteiger partial charge in [0.1, 0.15) is 6.10 Å². The molecule has 0 aliphatic carbocycles. The van der Waals surface area contributed by atoms with Crippen molar-refractivity contribution in [1.82, 2.24) is 0 Å². The molecule has 1 rings (SSSR count). The summed E-state index contributed by atoms with van der Waals surface area (Å²) >= 11 is 3.96. The number of hydrogen-bond acceptors (Lipinski definition) is 5. The van der Waals surface area contributed by atoms with Crippen LogP contribution in [-0.2, 0) is 0 Å². The normalized spacial score (nSPS) is 14.3. The number of rotatable bonds is 5. The molecule has 0 fully saturated rings. The van der Waals surface area contributed by atoms with Gasteiger partial charge in [-0.05, 0) is 29.9 Å².